The summed E-state index contributed by atoms with van der Waals surface area (Å²) in [6.45, 7) is 0.225. The first-order valence-electron chi connectivity index (χ1n) is 8.04. The first kappa shape index (κ1) is 17.8. The number of nitrogens with zero attached hydrogens (tertiary/aromatic N) is 1. The van der Waals surface area contributed by atoms with Crippen LogP contribution >= 0.6 is 11.6 Å². The summed E-state index contributed by atoms with van der Waals surface area (Å²) >= 11 is 6.25. The van der Waals surface area contributed by atoms with Crippen LogP contribution in [0.4, 0.5) is 5.69 Å². The van der Waals surface area contributed by atoms with Gasteiger partial charge in [0, 0.05) is 18.8 Å². The van der Waals surface area contributed by atoms with Gasteiger partial charge in [0.05, 0.1) is 17.1 Å². The highest BCUT2D eigenvalue weighted by Gasteiger charge is 2.24. The SMILES string of the molecule is CNCC(=O)Nc1ccc(C(=O)N(C)C2CCCCC2)c(Cl)c1. The van der Waals surface area contributed by atoms with Crippen molar-refractivity contribution < 1.29 is 9.59 Å². The molecule has 2 rings (SSSR count). The van der Waals surface area contributed by atoms with Gasteiger partial charge in [0.25, 0.3) is 5.91 Å². The average molecular weight is 338 g/mol. The predicted molar refractivity (Wildman–Crippen MR) is 93.0 cm³/mol. The van der Waals surface area contributed by atoms with Gasteiger partial charge >= 0.3 is 0 Å². The zero-order valence-corrected chi connectivity index (χ0v) is 14.4. The Morgan fingerprint density at radius 1 is 1.26 bits per heavy atom. The third kappa shape index (κ3) is 4.69. The molecule has 23 heavy (non-hydrogen) atoms. The Morgan fingerprint density at radius 2 is 1.96 bits per heavy atom. The standard InChI is InChI=1S/C17H24ClN3O2/c1-19-11-16(22)20-12-8-9-14(15(18)10-12)17(23)21(2)13-6-4-3-5-7-13/h8-10,13,19H,3-7,11H2,1-2H3,(H,20,22). The van der Waals surface area contributed by atoms with Crippen LogP contribution in [0, 0.1) is 0 Å². The van der Waals surface area contributed by atoms with E-state index in [4.69, 9.17) is 11.6 Å². The second kappa shape index (κ2) is 8.31. The maximum atomic E-state index is 12.6. The molecule has 0 saturated heterocycles. The number of nitrogens with one attached hydrogen (secondary N) is 2. The van der Waals surface area contributed by atoms with Crippen LogP contribution in [-0.4, -0.2) is 43.4 Å². The smallest absolute Gasteiger partial charge is 0.255 e. The fourth-order valence-corrected chi connectivity index (χ4v) is 3.22. The number of likely N-dealkylation sites (N-methyl/N-ethyl adjacent to an activating group) is 1. The summed E-state index contributed by atoms with van der Waals surface area (Å²) in [6.07, 6.45) is 5.70. The topological polar surface area (TPSA) is 61.4 Å². The van der Waals surface area contributed by atoms with Crippen molar-refractivity contribution in [2.24, 2.45) is 0 Å². The monoisotopic (exact) mass is 337 g/mol. The number of amides is 2. The molecule has 1 aliphatic rings. The number of halogens is 1. The molecule has 1 saturated carbocycles. The maximum absolute atomic E-state index is 12.6. The van der Waals surface area contributed by atoms with Crippen LogP contribution in [0.5, 0.6) is 0 Å². The lowest BCUT2D eigenvalue weighted by Gasteiger charge is -2.31. The molecule has 1 aliphatic carbocycles. The minimum atomic E-state index is -0.151. The van der Waals surface area contributed by atoms with Crippen molar-refractivity contribution in [2.75, 3.05) is 26.0 Å². The summed E-state index contributed by atoms with van der Waals surface area (Å²) in [6, 6.07) is 5.31. The van der Waals surface area contributed by atoms with Gasteiger partial charge in [-0.05, 0) is 38.1 Å². The van der Waals surface area contributed by atoms with Gasteiger partial charge < -0.3 is 15.5 Å². The molecule has 1 aromatic carbocycles. The van der Waals surface area contributed by atoms with E-state index in [2.05, 4.69) is 10.6 Å². The normalized spacial score (nSPS) is 15.3. The number of hydrogen-bond donors (Lipinski definition) is 2. The van der Waals surface area contributed by atoms with Crippen LogP contribution in [-0.2, 0) is 4.79 Å². The molecule has 5 nitrogen and oxygen atoms in total. The van der Waals surface area contributed by atoms with E-state index < -0.39 is 0 Å². The van der Waals surface area contributed by atoms with Crippen LogP contribution < -0.4 is 10.6 Å². The Labute approximate surface area is 142 Å². The fourth-order valence-electron chi connectivity index (χ4n) is 2.96. The number of rotatable bonds is 5. The molecule has 0 spiro atoms. The van der Waals surface area contributed by atoms with Gasteiger partial charge in [0.1, 0.15) is 0 Å². The molecule has 0 radical (unpaired) electrons. The molecule has 1 aromatic rings. The maximum Gasteiger partial charge on any atom is 0.255 e. The zero-order chi connectivity index (χ0) is 16.8. The number of anilines is 1. The molecule has 0 unspecified atom stereocenters. The number of hydrogen-bond acceptors (Lipinski definition) is 3. The van der Waals surface area contributed by atoms with Crippen molar-refractivity contribution >= 4 is 29.1 Å². The van der Waals surface area contributed by atoms with Crippen LogP contribution in [0.2, 0.25) is 5.02 Å². The zero-order valence-electron chi connectivity index (χ0n) is 13.7. The fraction of sp³-hybridized carbons (Fsp3) is 0.529. The quantitative estimate of drug-likeness (QED) is 0.868. The Morgan fingerprint density at radius 3 is 2.57 bits per heavy atom. The summed E-state index contributed by atoms with van der Waals surface area (Å²) in [5, 5.41) is 5.87. The second-order valence-corrected chi connectivity index (χ2v) is 6.39. The molecule has 0 heterocycles. The molecular formula is C17H24ClN3O2. The lowest BCUT2D eigenvalue weighted by Crippen LogP contribution is -2.38. The molecule has 126 valence electrons. The molecule has 2 amide bonds. The van der Waals surface area contributed by atoms with Crippen molar-refractivity contribution in [3.63, 3.8) is 0 Å². The van der Waals surface area contributed by atoms with E-state index >= 15 is 0 Å². The van der Waals surface area contributed by atoms with Crippen LogP contribution in [0.15, 0.2) is 18.2 Å². The highest BCUT2D eigenvalue weighted by atomic mass is 35.5. The van der Waals surface area contributed by atoms with Gasteiger partial charge in [0.2, 0.25) is 5.91 Å². The molecule has 6 heteroatoms. The highest BCUT2D eigenvalue weighted by molar-refractivity contribution is 6.34. The van der Waals surface area contributed by atoms with E-state index in [0.717, 1.165) is 12.8 Å². The van der Waals surface area contributed by atoms with Crippen LogP contribution in [0.3, 0.4) is 0 Å². The van der Waals surface area contributed by atoms with Gasteiger partial charge in [0.15, 0.2) is 0 Å². The summed E-state index contributed by atoms with van der Waals surface area (Å²) in [7, 11) is 3.55. The Balaban J connectivity index is 2.07. The van der Waals surface area contributed by atoms with Crippen molar-refractivity contribution in [2.45, 2.75) is 38.1 Å². The third-order valence-electron chi connectivity index (χ3n) is 4.26. The molecule has 1 fully saturated rings. The van der Waals surface area contributed by atoms with Crippen molar-refractivity contribution in [3.8, 4) is 0 Å². The predicted octanol–water partition coefficient (Wildman–Crippen LogP) is 2.90. The van der Waals surface area contributed by atoms with E-state index in [9.17, 15) is 9.59 Å². The molecule has 0 aromatic heterocycles. The third-order valence-corrected chi connectivity index (χ3v) is 4.58. The van der Waals surface area contributed by atoms with Crippen molar-refractivity contribution in [1.29, 1.82) is 0 Å². The highest BCUT2D eigenvalue weighted by Crippen LogP contribution is 2.26. The van der Waals surface area contributed by atoms with E-state index in [1.54, 1.807) is 30.1 Å². The summed E-state index contributed by atoms with van der Waals surface area (Å²) in [4.78, 5) is 26.0. The van der Waals surface area contributed by atoms with Gasteiger partial charge in [-0.25, -0.2) is 0 Å². The summed E-state index contributed by atoms with van der Waals surface area (Å²) < 4.78 is 0. The van der Waals surface area contributed by atoms with E-state index in [1.165, 1.54) is 19.3 Å². The molecule has 0 bridgehead atoms. The average Bonchev–Trinajstić information content (AvgIpc) is 2.54. The van der Waals surface area contributed by atoms with Crippen LogP contribution in [0.25, 0.3) is 0 Å². The van der Waals surface area contributed by atoms with E-state index in [0.29, 0.717) is 22.3 Å². The largest absolute Gasteiger partial charge is 0.339 e. The number of benzene rings is 1. The first-order valence-corrected chi connectivity index (χ1v) is 8.42. The second-order valence-electron chi connectivity index (χ2n) is 5.98. The number of carbonyl (C=O) groups excluding carboxylic acids is 2. The van der Waals surface area contributed by atoms with Crippen molar-refractivity contribution in [1.82, 2.24) is 10.2 Å². The van der Waals surface area contributed by atoms with Gasteiger partial charge in [-0.1, -0.05) is 30.9 Å². The Hall–Kier alpha value is -1.59. The minimum Gasteiger partial charge on any atom is -0.339 e. The Bertz CT molecular complexity index is 571. The van der Waals surface area contributed by atoms with Gasteiger partial charge in [-0.2, -0.15) is 0 Å². The van der Waals surface area contributed by atoms with Gasteiger partial charge in [-0.15, -0.1) is 0 Å². The lowest BCUT2D eigenvalue weighted by molar-refractivity contribution is -0.115. The lowest BCUT2D eigenvalue weighted by atomic mass is 9.94. The molecule has 0 aliphatic heterocycles. The van der Waals surface area contributed by atoms with Gasteiger partial charge in [-0.3, -0.25) is 9.59 Å². The van der Waals surface area contributed by atoms with E-state index in [-0.39, 0.29) is 18.4 Å². The molecule has 2 N–H and O–H groups in total. The summed E-state index contributed by atoms with van der Waals surface area (Å²) in [5.41, 5.74) is 1.07. The van der Waals surface area contributed by atoms with Crippen molar-refractivity contribution in [3.05, 3.63) is 28.8 Å². The number of carbonyl (C=O) groups is 2. The molecule has 0 atom stereocenters. The minimum absolute atomic E-state index is 0.0602. The summed E-state index contributed by atoms with van der Waals surface area (Å²) in [5.74, 6) is -0.211. The Kier molecular flexibility index (Phi) is 6.42. The van der Waals surface area contributed by atoms with Crippen LogP contribution in [0.1, 0.15) is 42.5 Å². The van der Waals surface area contributed by atoms with E-state index in [1.807, 2.05) is 7.05 Å². The molecular weight excluding hydrogens is 314 g/mol. The first-order chi connectivity index (χ1) is 11.0.